The molecular weight excluding hydrogens is 412 g/mol. The van der Waals surface area contributed by atoms with Crippen LogP contribution in [0, 0.1) is 5.92 Å². The molecule has 0 saturated heterocycles. The Bertz CT molecular complexity index is 684. The fraction of sp³-hybridized carbons (Fsp3) is 0.667. The number of nitrogens with one attached hydrogen (secondary N) is 3. The zero-order valence-electron chi connectivity index (χ0n) is 17.7. The maximum absolute atomic E-state index is 12.7. The monoisotopic (exact) mass is 444 g/mol. The van der Waals surface area contributed by atoms with Gasteiger partial charge in [0.15, 0.2) is 0 Å². The lowest BCUT2D eigenvalue weighted by molar-refractivity contribution is -0.142. The first-order chi connectivity index (χ1) is 14.4. The minimum atomic E-state index is -1.43. The Morgan fingerprint density at radius 2 is 1.32 bits per heavy atom. The second-order valence-corrected chi connectivity index (χ2v) is 7.11. The van der Waals surface area contributed by atoms with Gasteiger partial charge < -0.3 is 38.3 Å². The molecule has 4 unspecified atom stereocenters. The van der Waals surface area contributed by atoms with Crippen molar-refractivity contribution in [2.75, 3.05) is 6.54 Å². The Morgan fingerprint density at radius 1 is 0.839 bits per heavy atom. The normalized spacial score (nSPS) is 14.4. The van der Waals surface area contributed by atoms with E-state index in [4.69, 9.17) is 17.2 Å². The molecule has 0 fully saturated rings. The minimum Gasteiger partial charge on any atom is -0.480 e. The quantitative estimate of drug-likeness (QED) is 0.137. The number of hydrogen-bond donors (Lipinski definition) is 7. The SMILES string of the molecule is CCC(C)C(NC(=O)CN)C(=O)NC(CCC(N)=O)C(=O)NC(CCC(N)=O)C(=O)O. The molecular formula is C18H32N6O7. The summed E-state index contributed by atoms with van der Waals surface area (Å²) in [4.78, 5) is 70.5. The Hall–Kier alpha value is -3.22. The van der Waals surface area contributed by atoms with Crippen LogP contribution in [0.3, 0.4) is 0 Å². The molecule has 0 aliphatic rings. The number of carboxylic acids is 1. The third-order valence-electron chi connectivity index (χ3n) is 4.60. The van der Waals surface area contributed by atoms with Gasteiger partial charge in [0.1, 0.15) is 18.1 Å². The van der Waals surface area contributed by atoms with Crippen LogP contribution in [-0.4, -0.2) is 65.3 Å². The number of nitrogens with two attached hydrogens (primary N) is 3. The van der Waals surface area contributed by atoms with Gasteiger partial charge in [-0.05, 0) is 18.8 Å². The van der Waals surface area contributed by atoms with E-state index in [2.05, 4.69) is 16.0 Å². The van der Waals surface area contributed by atoms with Crippen molar-refractivity contribution in [2.24, 2.45) is 23.1 Å². The highest BCUT2D eigenvalue weighted by molar-refractivity contribution is 5.94. The van der Waals surface area contributed by atoms with Crippen LogP contribution >= 0.6 is 0 Å². The largest absolute Gasteiger partial charge is 0.480 e. The molecule has 176 valence electrons. The fourth-order valence-electron chi connectivity index (χ4n) is 2.57. The van der Waals surface area contributed by atoms with Crippen molar-refractivity contribution in [1.82, 2.24) is 16.0 Å². The van der Waals surface area contributed by atoms with Crippen molar-refractivity contribution in [1.29, 1.82) is 0 Å². The molecule has 10 N–H and O–H groups in total. The van der Waals surface area contributed by atoms with Gasteiger partial charge in [-0.25, -0.2) is 4.79 Å². The molecule has 0 aliphatic carbocycles. The van der Waals surface area contributed by atoms with E-state index in [0.29, 0.717) is 6.42 Å². The summed E-state index contributed by atoms with van der Waals surface area (Å²) in [7, 11) is 0. The van der Waals surface area contributed by atoms with E-state index < -0.39 is 53.6 Å². The van der Waals surface area contributed by atoms with Crippen LogP contribution in [0.4, 0.5) is 0 Å². The van der Waals surface area contributed by atoms with Gasteiger partial charge in [-0.2, -0.15) is 0 Å². The third-order valence-corrected chi connectivity index (χ3v) is 4.60. The highest BCUT2D eigenvalue weighted by atomic mass is 16.4. The van der Waals surface area contributed by atoms with Crippen LogP contribution < -0.4 is 33.2 Å². The molecule has 0 spiro atoms. The van der Waals surface area contributed by atoms with Gasteiger partial charge in [0.05, 0.1) is 6.54 Å². The zero-order chi connectivity index (χ0) is 24.1. The third kappa shape index (κ3) is 10.9. The average molecular weight is 444 g/mol. The summed E-state index contributed by atoms with van der Waals surface area (Å²) in [6, 6.07) is -3.75. The maximum Gasteiger partial charge on any atom is 0.326 e. The first-order valence-electron chi connectivity index (χ1n) is 9.82. The smallest absolute Gasteiger partial charge is 0.326 e. The molecule has 0 aliphatic heterocycles. The number of rotatable bonds is 15. The summed E-state index contributed by atoms with van der Waals surface area (Å²) in [5.74, 6) is -5.35. The standard InChI is InChI=1S/C18H32N6O7/c1-3-9(2)15(24-14(27)8-19)17(29)22-10(4-6-12(20)25)16(28)23-11(18(30)31)5-7-13(21)26/h9-11,15H,3-8,19H2,1-2H3,(H2,20,25)(H2,21,26)(H,22,29)(H,23,28)(H,24,27)(H,30,31). The Labute approximate surface area is 179 Å². The predicted octanol–water partition coefficient (Wildman–Crippen LogP) is -2.94. The van der Waals surface area contributed by atoms with E-state index >= 15 is 0 Å². The van der Waals surface area contributed by atoms with Crippen LogP contribution in [0.15, 0.2) is 0 Å². The molecule has 0 aromatic carbocycles. The number of amides is 5. The van der Waals surface area contributed by atoms with E-state index in [0.717, 1.165) is 0 Å². The van der Waals surface area contributed by atoms with Gasteiger partial charge in [-0.15, -0.1) is 0 Å². The lowest BCUT2D eigenvalue weighted by atomic mass is 9.97. The first-order valence-corrected chi connectivity index (χ1v) is 9.82. The van der Waals surface area contributed by atoms with Gasteiger partial charge in [-0.3, -0.25) is 24.0 Å². The van der Waals surface area contributed by atoms with E-state index in [-0.39, 0.29) is 38.1 Å². The molecule has 0 heterocycles. The Balaban J connectivity index is 5.49. The van der Waals surface area contributed by atoms with Crippen molar-refractivity contribution in [3.05, 3.63) is 0 Å². The number of carboxylic acid groups (broad SMARTS) is 1. The molecule has 0 aromatic heterocycles. The van der Waals surface area contributed by atoms with Gasteiger partial charge in [-0.1, -0.05) is 20.3 Å². The van der Waals surface area contributed by atoms with E-state index in [1.165, 1.54) is 0 Å². The number of carbonyl (C=O) groups excluding carboxylic acids is 5. The van der Waals surface area contributed by atoms with Crippen LogP contribution in [0.2, 0.25) is 0 Å². The summed E-state index contributed by atoms with van der Waals surface area (Å²) in [6.07, 6.45) is -0.478. The Morgan fingerprint density at radius 3 is 1.74 bits per heavy atom. The molecule has 4 atom stereocenters. The molecule has 5 amide bonds. The fourth-order valence-corrected chi connectivity index (χ4v) is 2.57. The zero-order valence-corrected chi connectivity index (χ0v) is 17.7. The molecule has 31 heavy (non-hydrogen) atoms. The van der Waals surface area contributed by atoms with Crippen molar-refractivity contribution in [2.45, 2.75) is 64.1 Å². The van der Waals surface area contributed by atoms with Crippen LogP contribution in [0.5, 0.6) is 0 Å². The minimum absolute atomic E-state index is 0.201. The highest BCUT2D eigenvalue weighted by Crippen LogP contribution is 2.10. The van der Waals surface area contributed by atoms with E-state index in [1.54, 1.807) is 13.8 Å². The molecule has 0 aromatic rings. The van der Waals surface area contributed by atoms with Crippen LogP contribution in [-0.2, 0) is 28.8 Å². The molecule has 0 radical (unpaired) electrons. The lowest BCUT2D eigenvalue weighted by Crippen LogP contribution is -2.57. The highest BCUT2D eigenvalue weighted by Gasteiger charge is 2.31. The van der Waals surface area contributed by atoms with Crippen LogP contribution in [0.25, 0.3) is 0 Å². The Kier molecular flexibility index (Phi) is 12.5. The number of aliphatic carboxylic acids is 1. The molecule has 0 saturated carbocycles. The van der Waals surface area contributed by atoms with Gasteiger partial charge in [0, 0.05) is 12.8 Å². The second kappa shape index (κ2) is 13.9. The number of hydrogen-bond acceptors (Lipinski definition) is 7. The van der Waals surface area contributed by atoms with E-state index in [1.807, 2.05) is 0 Å². The maximum atomic E-state index is 12.7. The van der Waals surface area contributed by atoms with Gasteiger partial charge >= 0.3 is 5.97 Å². The van der Waals surface area contributed by atoms with Crippen molar-refractivity contribution in [3.63, 3.8) is 0 Å². The van der Waals surface area contributed by atoms with Gasteiger partial charge in [0.2, 0.25) is 29.5 Å². The summed E-state index contributed by atoms with van der Waals surface area (Å²) >= 11 is 0. The lowest BCUT2D eigenvalue weighted by Gasteiger charge is -2.27. The molecule has 13 heteroatoms. The first kappa shape index (κ1) is 27.8. The molecule has 0 bridgehead atoms. The summed E-state index contributed by atoms with van der Waals surface area (Å²) in [5, 5.41) is 16.4. The number of carbonyl (C=O) groups is 6. The molecule has 13 nitrogen and oxygen atoms in total. The molecule has 0 rings (SSSR count). The predicted molar refractivity (Wildman–Crippen MR) is 109 cm³/mol. The van der Waals surface area contributed by atoms with Crippen molar-refractivity contribution < 1.29 is 33.9 Å². The van der Waals surface area contributed by atoms with E-state index in [9.17, 15) is 33.9 Å². The summed E-state index contributed by atoms with van der Waals surface area (Å²) < 4.78 is 0. The van der Waals surface area contributed by atoms with Crippen molar-refractivity contribution in [3.8, 4) is 0 Å². The second-order valence-electron chi connectivity index (χ2n) is 7.11. The van der Waals surface area contributed by atoms with Crippen LogP contribution in [0.1, 0.15) is 46.0 Å². The van der Waals surface area contributed by atoms with Gasteiger partial charge in [0.25, 0.3) is 0 Å². The summed E-state index contributed by atoms with van der Waals surface area (Å²) in [5.41, 5.74) is 15.4. The van der Waals surface area contributed by atoms with Crippen molar-refractivity contribution >= 4 is 35.5 Å². The topological polar surface area (TPSA) is 237 Å². The number of primary amides is 2. The average Bonchev–Trinajstić information content (AvgIpc) is 2.70. The summed E-state index contributed by atoms with van der Waals surface area (Å²) in [6.45, 7) is 3.17.